The molecule has 0 unspecified atom stereocenters. The van der Waals surface area contributed by atoms with Crippen molar-refractivity contribution in [2.45, 2.75) is 39.3 Å². The van der Waals surface area contributed by atoms with Crippen LogP contribution in [0.4, 0.5) is 13.6 Å². The molecule has 30 heavy (non-hydrogen) atoms. The number of ether oxygens (including phenoxy) is 1. The van der Waals surface area contributed by atoms with Gasteiger partial charge < -0.3 is 14.2 Å². The lowest BCUT2D eigenvalue weighted by molar-refractivity contribution is 0.00128. The van der Waals surface area contributed by atoms with Crippen molar-refractivity contribution in [2.75, 3.05) is 13.1 Å². The maximum atomic E-state index is 14.8. The molecule has 2 aromatic heterocycles. The van der Waals surface area contributed by atoms with Gasteiger partial charge in [0.15, 0.2) is 11.6 Å². The number of fused-ring (bicyclic) bond motifs is 1. The highest BCUT2D eigenvalue weighted by Gasteiger charge is 2.36. The Labute approximate surface area is 176 Å². The minimum absolute atomic E-state index is 0.0924. The zero-order chi connectivity index (χ0) is 21.8. The van der Waals surface area contributed by atoms with Gasteiger partial charge in [0.1, 0.15) is 22.6 Å². The number of imidazole rings is 1. The Morgan fingerprint density at radius 3 is 2.57 bits per heavy atom. The van der Waals surface area contributed by atoms with Crippen molar-refractivity contribution in [3.8, 4) is 11.3 Å². The molecule has 0 radical (unpaired) electrons. The lowest BCUT2D eigenvalue weighted by Gasteiger charge is -2.41. The summed E-state index contributed by atoms with van der Waals surface area (Å²) in [6, 6.07) is 2.70. The zero-order valence-electron chi connectivity index (χ0n) is 16.9. The first kappa shape index (κ1) is 20.5. The third-order valence-electron chi connectivity index (χ3n) is 4.79. The first-order valence-electron chi connectivity index (χ1n) is 9.38. The molecule has 0 bridgehead atoms. The van der Waals surface area contributed by atoms with Crippen molar-refractivity contribution in [2.24, 2.45) is 0 Å². The molecule has 1 aliphatic heterocycles. The molecule has 0 saturated carbocycles. The Balaban J connectivity index is 1.69. The summed E-state index contributed by atoms with van der Waals surface area (Å²) < 4.78 is 36.2. The van der Waals surface area contributed by atoms with Crippen LogP contribution in [0.1, 0.15) is 32.6 Å². The van der Waals surface area contributed by atoms with Crippen LogP contribution in [0.15, 0.2) is 18.3 Å². The van der Waals surface area contributed by atoms with Crippen LogP contribution >= 0.6 is 11.6 Å². The van der Waals surface area contributed by atoms with Gasteiger partial charge in [-0.3, -0.25) is 0 Å². The molecule has 0 N–H and O–H groups in total. The third kappa shape index (κ3) is 3.69. The number of hydrogen-bond donors (Lipinski definition) is 0. The fraction of sp³-hybridized carbons (Fsp3) is 0.400. The number of rotatable bonds is 2. The molecule has 158 valence electrons. The smallest absolute Gasteiger partial charge is 0.410 e. The van der Waals surface area contributed by atoms with E-state index in [4.69, 9.17) is 16.3 Å². The van der Waals surface area contributed by atoms with Crippen LogP contribution in [0.5, 0.6) is 0 Å². The van der Waals surface area contributed by atoms with Crippen LogP contribution < -0.4 is 0 Å². The van der Waals surface area contributed by atoms with E-state index in [2.05, 4.69) is 15.0 Å². The first-order chi connectivity index (χ1) is 14.0. The average molecular weight is 436 g/mol. The summed E-state index contributed by atoms with van der Waals surface area (Å²) in [5.74, 6) is -0.710. The van der Waals surface area contributed by atoms with Gasteiger partial charge in [0, 0.05) is 18.7 Å². The monoisotopic (exact) mass is 435 g/mol. The standard InChI is InChI=1S/C20H20ClF2N5O2/c1-10-25-17-13(22)5-11(16-14(23)7-24-18(21)26-16)6-15(17)28(10)12-8-27(9-12)19(29)30-20(2,3)4/h5-7,12H,8-9H2,1-4H3. The van der Waals surface area contributed by atoms with Crippen molar-refractivity contribution in [3.63, 3.8) is 0 Å². The minimum Gasteiger partial charge on any atom is -0.444 e. The number of carbonyl (C=O) groups excluding carboxylic acids is 1. The Kier molecular flexibility index (Phi) is 4.88. The zero-order valence-corrected chi connectivity index (χ0v) is 17.7. The second-order valence-electron chi connectivity index (χ2n) is 8.23. The Morgan fingerprint density at radius 1 is 1.20 bits per heavy atom. The van der Waals surface area contributed by atoms with E-state index in [1.165, 1.54) is 6.07 Å². The second-order valence-corrected chi connectivity index (χ2v) is 8.57. The van der Waals surface area contributed by atoms with E-state index in [0.717, 1.165) is 6.20 Å². The van der Waals surface area contributed by atoms with Crippen LogP contribution in [0.3, 0.4) is 0 Å². The van der Waals surface area contributed by atoms with Crippen LogP contribution in [-0.4, -0.2) is 49.2 Å². The van der Waals surface area contributed by atoms with Crippen molar-refractivity contribution in [1.82, 2.24) is 24.4 Å². The van der Waals surface area contributed by atoms with Crippen LogP contribution in [-0.2, 0) is 4.74 Å². The van der Waals surface area contributed by atoms with Crippen LogP contribution in [0, 0.1) is 18.6 Å². The number of aryl methyl sites for hydroxylation is 1. The fourth-order valence-electron chi connectivity index (χ4n) is 3.51. The molecular formula is C20H20ClF2N5O2. The van der Waals surface area contributed by atoms with E-state index < -0.39 is 23.3 Å². The fourth-order valence-corrected chi connectivity index (χ4v) is 3.64. The number of amides is 1. The molecule has 1 fully saturated rings. The van der Waals surface area contributed by atoms with Crippen LogP contribution in [0.25, 0.3) is 22.3 Å². The predicted octanol–water partition coefficient (Wildman–Crippen LogP) is 4.53. The summed E-state index contributed by atoms with van der Waals surface area (Å²) in [5, 5.41) is -0.136. The van der Waals surface area contributed by atoms with Gasteiger partial charge in [-0.25, -0.2) is 28.5 Å². The SMILES string of the molecule is Cc1nc2c(F)cc(-c3nc(Cl)ncc3F)cc2n1C1CN(C(=O)OC(C)(C)C)C1. The quantitative estimate of drug-likeness (QED) is 0.553. The Hall–Kier alpha value is -2.81. The highest BCUT2D eigenvalue weighted by atomic mass is 35.5. The van der Waals surface area contributed by atoms with Crippen molar-refractivity contribution >= 4 is 28.7 Å². The van der Waals surface area contributed by atoms with Gasteiger partial charge >= 0.3 is 6.09 Å². The molecule has 0 atom stereocenters. The van der Waals surface area contributed by atoms with Gasteiger partial charge in [0.25, 0.3) is 0 Å². The lowest BCUT2D eigenvalue weighted by atomic mass is 10.1. The lowest BCUT2D eigenvalue weighted by Crippen LogP contribution is -2.52. The van der Waals surface area contributed by atoms with Crippen molar-refractivity contribution in [3.05, 3.63) is 41.1 Å². The van der Waals surface area contributed by atoms with Gasteiger partial charge in [0.05, 0.1) is 17.8 Å². The topological polar surface area (TPSA) is 73.1 Å². The molecule has 1 aliphatic rings. The molecule has 3 heterocycles. The number of aromatic nitrogens is 4. The third-order valence-corrected chi connectivity index (χ3v) is 4.97. The summed E-state index contributed by atoms with van der Waals surface area (Å²) >= 11 is 5.78. The summed E-state index contributed by atoms with van der Waals surface area (Å²) in [5.41, 5.74) is 0.218. The summed E-state index contributed by atoms with van der Waals surface area (Å²) in [6.07, 6.45) is 0.547. The Bertz CT molecular complexity index is 1150. The van der Waals surface area contributed by atoms with E-state index >= 15 is 0 Å². The van der Waals surface area contributed by atoms with Crippen molar-refractivity contribution < 1.29 is 18.3 Å². The van der Waals surface area contributed by atoms with Gasteiger partial charge in [-0.1, -0.05) is 0 Å². The molecule has 1 saturated heterocycles. The maximum Gasteiger partial charge on any atom is 0.410 e. The average Bonchev–Trinajstić information content (AvgIpc) is 2.91. The number of carbonyl (C=O) groups is 1. The minimum atomic E-state index is -0.708. The van der Waals surface area contributed by atoms with Gasteiger partial charge in [-0.05, 0) is 51.4 Å². The molecule has 0 aliphatic carbocycles. The van der Waals surface area contributed by atoms with Gasteiger partial charge in [-0.15, -0.1) is 0 Å². The largest absolute Gasteiger partial charge is 0.444 e. The Morgan fingerprint density at radius 2 is 1.90 bits per heavy atom. The van der Waals surface area contributed by atoms with E-state index in [1.807, 2.05) is 4.57 Å². The van der Waals surface area contributed by atoms with Crippen molar-refractivity contribution in [1.29, 1.82) is 0 Å². The highest BCUT2D eigenvalue weighted by molar-refractivity contribution is 6.28. The number of nitrogens with zero attached hydrogens (tertiary/aromatic N) is 5. The normalized spacial score (nSPS) is 14.8. The predicted molar refractivity (Wildman–Crippen MR) is 107 cm³/mol. The highest BCUT2D eigenvalue weighted by Crippen LogP contribution is 2.33. The molecular weight excluding hydrogens is 416 g/mol. The van der Waals surface area contributed by atoms with E-state index in [1.54, 1.807) is 38.7 Å². The van der Waals surface area contributed by atoms with Gasteiger partial charge in [0.2, 0.25) is 5.28 Å². The summed E-state index contributed by atoms with van der Waals surface area (Å²) in [7, 11) is 0. The second kappa shape index (κ2) is 7.16. The number of halogens is 3. The number of hydrogen-bond acceptors (Lipinski definition) is 5. The van der Waals surface area contributed by atoms with E-state index in [-0.39, 0.29) is 28.1 Å². The van der Waals surface area contributed by atoms with E-state index in [0.29, 0.717) is 24.4 Å². The molecule has 0 spiro atoms. The molecule has 4 rings (SSSR count). The summed E-state index contributed by atoms with van der Waals surface area (Å²) in [4.78, 5) is 25.6. The number of likely N-dealkylation sites (tertiary alicyclic amines) is 1. The molecule has 7 nitrogen and oxygen atoms in total. The number of benzene rings is 1. The van der Waals surface area contributed by atoms with Gasteiger partial charge in [-0.2, -0.15) is 0 Å². The van der Waals surface area contributed by atoms with E-state index in [9.17, 15) is 13.6 Å². The molecule has 10 heteroatoms. The molecule has 1 amide bonds. The maximum absolute atomic E-state index is 14.8. The molecule has 3 aromatic rings. The summed E-state index contributed by atoms with van der Waals surface area (Å²) in [6.45, 7) is 7.98. The first-order valence-corrected chi connectivity index (χ1v) is 9.75. The molecule has 1 aromatic carbocycles. The van der Waals surface area contributed by atoms with Crippen LogP contribution in [0.2, 0.25) is 5.28 Å².